The van der Waals surface area contributed by atoms with E-state index in [2.05, 4.69) is 0 Å². The fourth-order valence-electron chi connectivity index (χ4n) is 1.13. The van der Waals surface area contributed by atoms with Gasteiger partial charge in [0.1, 0.15) is 5.82 Å². The molecule has 3 nitrogen and oxygen atoms in total. The predicted octanol–water partition coefficient (Wildman–Crippen LogP) is 2.37. The van der Waals surface area contributed by atoms with Gasteiger partial charge in [-0.05, 0) is 31.5 Å². The number of hydrogen-bond donors (Lipinski definition) is 1. The van der Waals surface area contributed by atoms with Crippen LogP contribution in [0.25, 0.3) is 0 Å². The van der Waals surface area contributed by atoms with E-state index in [4.69, 9.17) is 10.5 Å². The maximum atomic E-state index is 13.1. The summed E-state index contributed by atoms with van der Waals surface area (Å²) in [5.41, 5.74) is 6.50. The number of nitrogens with two attached hydrogens (primary N) is 1. The van der Waals surface area contributed by atoms with Gasteiger partial charge in [-0.2, -0.15) is 0 Å². The van der Waals surface area contributed by atoms with Crippen molar-refractivity contribution in [3.05, 3.63) is 23.5 Å². The second-order valence-electron chi connectivity index (χ2n) is 3.23. The highest BCUT2D eigenvalue weighted by atomic mass is 32.2. The van der Waals surface area contributed by atoms with E-state index in [-0.39, 0.29) is 17.5 Å². The third kappa shape index (κ3) is 3.41. The molecule has 0 saturated carbocycles. The van der Waals surface area contributed by atoms with Gasteiger partial charge in [-0.3, -0.25) is 4.79 Å². The van der Waals surface area contributed by atoms with E-state index in [0.29, 0.717) is 22.8 Å². The summed E-state index contributed by atoms with van der Waals surface area (Å²) in [4.78, 5) is 11.8. The maximum Gasteiger partial charge on any atom is 0.316 e. The van der Waals surface area contributed by atoms with Crippen molar-refractivity contribution >= 4 is 23.4 Å². The number of esters is 1. The Bertz CT molecular complexity index is 396. The number of anilines is 1. The number of benzene rings is 1. The fourth-order valence-corrected chi connectivity index (χ4v) is 1.98. The molecule has 0 aliphatic rings. The molecule has 0 radical (unpaired) electrons. The summed E-state index contributed by atoms with van der Waals surface area (Å²) in [7, 11) is 0. The lowest BCUT2D eigenvalue weighted by Crippen LogP contribution is -2.07. The van der Waals surface area contributed by atoms with Gasteiger partial charge in [0.05, 0.1) is 12.4 Å². The third-order valence-corrected chi connectivity index (χ3v) is 2.99. The molecule has 2 N–H and O–H groups in total. The highest BCUT2D eigenvalue weighted by Crippen LogP contribution is 2.27. The molecule has 0 spiro atoms. The van der Waals surface area contributed by atoms with Crippen LogP contribution in [0.4, 0.5) is 10.1 Å². The Morgan fingerprint density at radius 2 is 2.25 bits per heavy atom. The fraction of sp³-hybridized carbons (Fsp3) is 0.364. The van der Waals surface area contributed by atoms with E-state index < -0.39 is 0 Å². The summed E-state index contributed by atoms with van der Waals surface area (Å²) in [6.45, 7) is 3.76. The number of carbonyl (C=O) groups is 1. The summed E-state index contributed by atoms with van der Waals surface area (Å²) < 4.78 is 17.9. The van der Waals surface area contributed by atoms with Crippen LogP contribution in [0.5, 0.6) is 0 Å². The number of hydrogen-bond acceptors (Lipinski definition) is 4. The van der Waals surface area contributed by atoms with E-state index >= 15 is 0 Å². The summed E-state index contributed by atoms with van der Waals surface area (Å²) in [5, 5.41) is 0. The van der Waals surface area contributed by atoms with Gasteiger partial charge in [0.25, 0.3) is 0 Å². The van der Waals surface area contributed by atoms with E-state index in [9.17, 15) is 9.18 Å². The molecule has 0 aliphatic carbocycles. The van der Waals surface area contributed by atoms with E-state index in [1.165, 1.54) is 17.8 Å². The zero-order valence-corrected chi connectivity index (χ0v) is 10.1. The lowest BCUT2D eigenvalue weighted by molar-refractivity contribution is -0.139. The first kappa shape index (κ1) is 12.8. The molecule has 0 heterocycles. The van der Waals surface area contributed by atoms with Crippen LogP contribution >= 0.6 is 11.8 Å². The normalized spacial score (nSPS) is 10.2. The van der Waals surface area contributed by atoms with Crippen molar-refractivity contribution in [2.45, 2.75) is 18.7 Å². The van der Waals surface area contributed by atoms with Gasteiger partial charge in [-0.1, -0.05) is 0 Å². The second kappa shape index (κ2) is 5.75. The molecule has 0 fully saturated rings. The summed E-state index contributed by atoms with van der Waals surface area (Å²) in [5.74, 6) is -0.449. The number of ether oxygens (including phenoxy) is 1. The van der Waals surface area contributed by atoms with Crippen molar-refractivity contribution in [2.75, 3.05) is 18.1 Å². The highest BCUT2D eigenvalue weighted by Gasteiger charge is 2.08. The predicted molar refractivity (Wildman–Crippen MR) is 62.9 cm³/mol. The van der Waals surface area contributed by atoms with Gasteiger partial charge in [0, 0.05) is 10.6 Å². The van der Waals surface area contributed by atoms with Crippen LogP contribution in [0.15, 0.2) is 17.0 Å². The minimum Gasteiger partial charge on any atom is -0.465 e. The van der Waals surface area contributed by atoms with Crippen LogP contribution in [0, 0.1) is 12.7 Å². The van der Waals surface area contributed by atoms with Crippen LogP contribution in [-0.2, 0) is 9.53 Å². The Morgan fingerprint density at radius 1 is 1.56 bits per heavy atom. The molecule has 1 rings (SSSR count). The Kier molecular flexibility index (Phi) is 4.61. The lowest BCUT2D eigenvalue weighted by atomic mass is 10.2. The minimum absolute atomic E-state index is 0.184. The largest absolute Gasteiger partial charge is 0.465 e. The van der Waals surface area contributed by atoms with Crippen molar-refractivity contribution in [1.29, 1.82) is 0 Å². The standard InChI is InChI=1S/C11H14FNO2S/c1-3-15-11(14)6-16-10-4-7(2)8(12)5-9(10)13/h4-5H,3,6,13H2,1-2H3. The van der Waals surface area contributed by atoms with Gasteiger partial charge < -0.3 is 10.5 Å². The smallest absolute Gasteiger partial charge is 0.316 e. The second-order valence-corrected chi connectivity index (χ2v) is 4.25. The van der Waals surface area contributed by atoms with E-state index in [1.54, 1.807) is 19.9 Å². The van der Waals surface area contributed by atoms with E-state index in [0.717, 1.165) is 0 Å². The molecule has 0 amide bonds. The van der Waals surface area contributed by atoms with Crippen molar-refractivity contribution in [3.63, 3.8) is 0 Å². The van der Waals surface area contributed by atoms with Crippen molar-refractivity contribution in [1.82, 2.24) is 0 Å². The number of aryl methyl sites for hydroxylation is 1. The monoisotopic (exact) mass is 243 g/mol. The molecule has 1 aromatic rings. The van der Waals surface area contributed by atoms with Gasteiger partial charge in [0.2, 0.25) is 0 Å². The van der Waals surface area contributed by atoms with Crippen molar-refractivity contribution in [2.24, 2.45) is 0 Å². The summed E-state index contributed by atoms with van der Waals surface area (Å²) in [6, 6.07) is 2.90. The molecule has 16 heavy (non-hydrogen) atoms. The molecule has 88 valence electrons. The van der Waals surface area contributed by atoms with Gasteiger partial charge in [-0.25, -0.2) is 4.39 Å². The number of thioether (sulfide) groups is 1. The molecule has 0 atom stereocenters. The topological polar surface area (TPSA) is 52.3 Å². The Balaban J connectivity index is 2.67. The van der Waals surface area contributed by atoms with E-state index in [1.807, 2.05) is 0 Å². The maximum absolute atomic E-state index is 13.1. The third-order valence-electron chi connectivity index (χ3n) is 1.94. The lowest BCUT2D eigenvalue weighted by Gasteiger charge is -2.07. The number of rotatable bonds is 4. The molecule has 0 bridgehead atoms. The molecule has 5 heteroatoms. The first-order valence-corrected chi connectivity index (χ1v) is 5.87. The molecule has 0 aliphatic heterocycles. The summed E-state index contributed by atoms with van der Waals surface area (Å²) >= 11 is 1.25. The van der Waals surface area contributed by atoms with Crippen LogP contribution in [0.1, 0.15) is 12.5 Å². The van der Waals surface area contributed by atoms with Crippen molar-refractivity contribution < 1.29 is 13.9 Å². The van der Waals surface area contributed by atoms with Gasteiger partial charge >= 0.3 is 5.97 Å². The molecule has 0 saturated heterocycles. The average Bonchev–Trinajstić information content (AvgIpc) is 2.22. The molecular weight excluding hydrogens is 229 g/mol. The van der Waals surface area contributed by atoms with Crippen LogP contribution in [-0.4, -0.2) is 18.3 Å². The SMILES string of the molecule is CCOC(=O)CSc1cc(C)c(F)cc1N. The van der Waals surface area contributed by atoms with Gasteiger partial charge in [0.15, 0.2) is 0 Å². The Labute approximate surface area is 98.2 Å². The molecule has 0 aromatic heterocycles. The molecule has 0 unspecified atom stereocenters. The molecule has 1 aromatic carbocycles. The van der Waals surface area contributed by atoms with Crippen LogP contribution < -0.4 is 5.73 Å². The van der Waals surface area contributed by atoms with Crippen LogP contribution in [0.2, 0.25) is 0 Å². The van der Waals surface area contributed by atoms with Crippen LogP contribution in [0.3, 0.4) is 0 Å². The molecular formula is C11H14FNO2S. The number of carbonyl (C=O) groups excluding carboxylic acids is 1. The number of nitrogen functional groups attached to an aromatic ring is 1. The average molecular weight is 243 g/mol. The Hall–Kier alpha value is -1.23. The quantitative estimate of drug-likeness (QED) is 0.501. The highest BCUT2D eigenvalue weighted by molar-refractivity contribution is 8.00. The first-order chi connectivity index (χ1) is 7.54. The number of halogens is 1. The van der Waals surface area contributed by atoms with Crippen molar-refractivity contribution in [3.8, 4) is 0 Å². The summed E-state index contributed by atoms with van der Waals surface area (Å²) in [6.07, 6.45) is 0. The minimum atomic E-state index is -0.335. The first-order valence-electron chi connectivity index (χ1n) is 4.88. The zero-order chi connectivity index (χ0) is 12.1. The Morgan fingerprint density at radius 3 is 2.88 bits per heavy atom. The van der Waals surface area contributed by atoms with Gasteiger partial charge in [-0.15, -0.1) is 11.8 Å². The zero-order valence-electron chi connectivity index (χ0n) is 9.25.